The van der Waals surface area contributed by atoms with E-state index in [4.69, 9.17) is 0 Å². The molecule has 0 amide bonds. The van der Waals surface area contributed by atoms with Crippen LogP contribution in [0.5, 0.6) is 0 Å². The molecule has 0 bridgehead atoms. The fourth-order valence-electron chi connectivity index (χ4n) is 6.78. The molecule has 6 heteroatoms. The number of likely N-dealkylation sites (N-methyl/N-ethyl adjacent to an activating group) is 2. The zero-order valence-corrected chi connectivity index (χ0v) is 32.9. The van der Waals surface area contributed by atoms with Crippen LogP contribution in [0, 0.1) is 23.7 Å². The van der Waals surface area contributed by atoms with Crippen molar-refractivity contribution >= 4 is 58.4 Å². The van der Waals surface area contributed by atoms with Crippen LogP contribution >= 0.6 is 22.7 Å². The maximum atomic E-state index is 9.30. The number of hydrogen-bond donors (Lipinski definition) is 2. The molecule has 2 heterocycles. The molecule has 0 aliphatic heterocycles. The Kier molecular flexibility index (Phi) is 12.4. The molecule has 1 aliphatic rings. The first-order valence-electron chi connectivity index (χ1n) is 18.8. The minimum Gasteiger partial charge on any atom is -0.395 e. The smallest absolute Gasteiger partial charge is 0.0778 e. The first-order valence-corrected chi connectivity index (χ1v) is 20.4. The van der Waals surface area contributed by atoms with E-state index in [2.05, 4.69) is 181 Å². The van der Waals surface area contributed by atoms with E-state index in [1.54, 1.807) is 22.7 Å². The van der Waals surface area contributed by atoms with Gasteiger partial charge < -0.3 is 20.0 Å². The van der Waals surface area contributed by atoms with Crippen LogP contribution in [0.2, 0.25) is 0 Å². The van der Waals surface area contributed by atoms with E-state index in [1.165, 1.54) is 32.0 Å². The Hall–Kier alpha value is -5.60. The van der Waals surface area contributed by atoms with Crippen LogP contribution < -0.4 is 9.80 Å². The molecular weight excluding hydrogens is 713 g/mol. The summed E-state index contributed by atoms with van der Waals surface area (Å²) in [6, 6.07) is 38.5. The van der Waals surface area contributed by atoms with Crippen molar-refractivity contribution in [3.8, 4) is 34.8 Å². The zero-order chi connectivity index (χ0) is 38.0. The van der Waals surface area contributed by atoms with Crippen molar-refractivity contribution in [3.63, 3.8) is 0 Å². The number of aliphatic hydroxyl groups is 2. The Morgan fingerprint density at radius 3 is 1.36 bits per heavy atom. The highest BCUT2D eigenvalue weighted by molar-refractivity contribution is 7.13. The van der Waals surface area contributed by atoms with Crippen LogP contribution in [0.25, 0.3) is 35.4 Å². The number of benzene rings is 4. The van der Waals surface area contributed by atoms with Gasteiger partial charge in [0.05, 0.1) is 23.0 Å². The van der Waals surface area contributed by atoms with Gasteiger partial charge in [-0.3, -0.25) is 0 Å². The van der Waals surface area contributed by atoms with Crippen LogP contribution in [0.15, 0.2) is 109 Å². The number of anilines is 2. The molecule has 0 spiro atoms. The molecule has 0 unspecified atom stereocenters. The molecule has 55 heavy (non-hydrogen) atoms. The average Bonchev–Trinajstić information content (AvgIpc) is 3.97. The van der Waals surface area contributed by atoms with E-state index < -0.39 is 0 Å². The van der Waals surface area contributed by atoms with Crippen molar-refractivity contribution in [1.29, 1.82) is 0 Å². The largest absolute Gasteiger partial charge is 0.395 e. The fraction of sp³-hybridized carbons (Fsp3) is 0.184. The topological polar surface area (TPSA) is 46.9 Å². The first kappa shape index (κ1) is 37.7. The summed E-state index contributed by atoms with van der Waals surface area (Å²) < 4.78 is 0. The molecule has 274 valence electrons. The number of thiophene rings is 2. The quantitative estimate of drug-likeness (QED) is 0.122. The van der Waals surface area contributed by atoms with Gasteiger partial charge in [-0.2, -0.15) is 0 Å². The summed E-state index contributed by atoms with van der Waals surface area (Å²) in [4.78, 5) is 8.75. The van der Waals surface area contributed by atoms with Crippen molar-refractivity contribution in [2.45, 2.75) is 20.3 Å². The highest BCUT2D eigenvalue weighted by Gasteiger charge is 2.18. The normalized spacial score (nSPS) is 11.6. The summed E-state index contributed by atoms with van der Waals surface area (Å²) in [6.45, 7) is 7.52. The number of fused-ring (bicyclic) bond motifs is 3. The summed E-state index contributed by atoms with van der Waals surface area (Å²) >= 11 is 3.39. The molecule has 6 aromatic rings. The highest BCUT2D eigenvalue weighted by Crippen LogP contribution is 2.37. The van der Waals surface area contributed by atoms with Crippen LogP contribution in [0.3, 0.4) is 0 Å². The van der Waals surface area contributed by atoms with Gasteiger partial charge in [-0.05, 0) is 139 Å². The fourth-order valence-corrected chi connectivity index (χ4v) is 8.31. The van der Waals surface area contributed by atoms with Gasteiger partial charge in [-0.1, -0.05) is 72.2 Å². The van der Waals surface area contributed by atoms with Crippen LogP contribution in [0.1, 0.15) is 66.7 Å². The predicted octanol–water partition coefficient (Wildman–Crippen LogP) is 10.2. The molecule has 0 radical (unpaired) electrons. The van der Waals surface area contributed by atoms with E-state index in [0.717, 1.165) is 62.9 Å². The SMILES string of the molecule is CCN(CCO)c1ccc(/C=C/c2ccc(C#Cc3ccc4c(c3)Cc3cc(C#Cc5ccc(/C=C/c6ccc(N(CC)CCO)cc6)s5)ccc3-4)s2)cc1. The molecule has 0 fully saturated rings. The number of hydrogen-bond acceptors (Lipinski definition) is 6. The van der Waals surface area contributed by atoms with Crippen LogP contribution in [-0.2, 0) is 6.42 Å². The highest BCUT2D eigenvalue weighted by atomic mass is 32.1. The summed E-state index contributed by atoms with van der Waals surface area (Å²) in [6.07, 6.45) is 9.43. The van der Waals surface area contributed by atoms with E-state index in [1.807, 2.05) is 0 Å². The van der Waals surface area contributed by atoms with Crippen molar-refractivity contribution in [3.05, 3.63) is 162 Å². The lowest BCUT2D eigenvalue weighted by Crippen LogP contribution is -2.25. The Balaban J connectivity index is 0.949. The lowest BCUT2D eigenvalue weighted by molar-refractivity contribution is 0.302. The number of rotatable bonds is 12. The average molecular weight is 757 g/mol. The van der Waals surface area contributed by atoms with Crippen molar-refractivity contribution < 1.29 is 10.2 Å². The summed E-state index contributed by atoms with van der Waals surface area (Å²) in [5.74, 6) is 13.6. The second kappa shape index (κ2) is 18.2. The van der Waals surface area contributed by atoms with Gasteiger partial charge in [0.2, 0.25) is 0 Å². The monoisotopic (exact) mass is 756 g/mol. The molecule has 7 rings (SSSR count). The van der Waals surface area contributed by atoms with E-state index in [-0.39, 0.29) is 13.2 Å². The van der Waals surface area contributed by atoms with Crippen LogP contribution in [-0.4, -0.2) is 49.6 Å². The van der Waals surface area contributed by atoms with E-state index >= 15 is 0 Å². The van der Waals surface area contributed by atoms with Gasteiger partial charge in [-0.15, -0.1) is 22.7 Å². The third-order valence-electron chi connectivity index (χ3n) is 9.70. The number of nitrogens with zero attached hydrogens (tertiary/aromatic N) is 2. The maximum absolute atomic E-state index is 9.30. The predicted molar refractivity (Wildman–Crippen MR) is 236 cm³/mol. The second-order valence-corrected chi connectivity index (χ2v) is 15.5. The lowest BCUT2D eigenvalue weighted by atomic mass is 10.0. The Morgan fingerprint density at radius 1 is 0.527 bits per heavy atom. The number of aliphatic hydroxyl groups excluding tert-OH is 2. The zero-order valence-electron chi connectivity index (χ0n) is 31.3. The molecule has 2 N–H and O–H groups in total. The molecule has 4 nitrogen and oxygen atoms in total. The molecule has 0 saturated heterocycles. The molecule has 0 saturated carbocycles. The Morgan fingerprint density at radius 2 is 0.964 bits per heavy atom. The third kappa shape index (κ3) is 9.56. The molecule has 0 atom stereocenters. The summed E-state index contributed by atoms with van der Waals surface area (Å²) in [5.41, 5.74) is 11.8. The second-order valence-electron chi connectivity index (χ2n) is 13.3. The standard InChI is InChI=1S/C49H44N2O2S2/c1-3-50(29-31-52)42-15-5-36(6-16-42)9-19-44-23-25-46(54-44)21-11-38-13-27-48-40(33-38)35-41-34-39(14-28-49(41)48)12-22-47-26-24-45(55-47)20-10-37-7-17-43(18-8-37)51(4-2)30-32-53/h5-10,13-20,23-28,33-34,52-53H,3-4,29-32,35H2,1-2H3/b19-9+,20-10+. The summed E-state index contributed by atoms with van der Waals surface area (Å²) in [7, 11) is 0. The van der Waals surface area contributed by atoms with Gasteiger partial charge >= 0.3 is 0 Å². The lowest BCUT2D eigenvalue weighted by Gasteiger charge is -2.21. The Labute approximate surface area is 333 Å². The molecule has 4 aromatic carbocycles. The maximum Gasteiger partial charge on any atom is 0.0778 e. The molecule has 2 aromatic heterocycles. The molecular formula is C49H44N2O2S2. The third-order valence-corrected chi connectivity index (χ3v) is 11.6. The minimum atomic E-state index is 0.153. The molecule has 1 aliphatic carbocycles. The summed E-state index contributed by atoms with van der Waals surface area (Å²) in [5, 5.41) is 18.6. The van der Waals surface area contributed by atoms with Crippen molar-refractivity contribution in [1.82, 2.24) is 0 Å². The van der Waals surface area contributed by atoms with E-state index in [0.29, 0.717) is 13.1 Å². The van der Waals surface area contributed by atoms with Crippen LogP contribution in [0.4, 0.5) is 11.4 Å². The van der Waals surface area contributed by atoms with Gasteiger partial charge in [0.15, 0.2) is 0 Å². The minimum absolute atomic E-state index is 0.153. The van der Waals surface area contributed by atoms with Crippen molar-refractivity contribution in [2.24, 2.45) is 0 Å². The van der Waals surface area contributed by atoms with Gasteiger partial charge in [0.25, 0.3) is 0 Å². The van der Waals surface area contributed by atoms with Crippen molar-refractivity contribution in [2.75, 3.05) is 49.2 Å². The van der Waals surface area contributed by atoms with E-state index in [9.17, 15) is 10.2 Å². The van der Waals surface area contributed by atoms with Gasteiger partial charge in [0, 0.05) is 58.4 Å². The van der Waals surface area contributed by atoms with Gasteiger partial charge in [0.1, 0.15) is 0 Å². The first-order chi connectivity index (χ1) is 27.0. The van der Waals surface area contributed by atoms with Gasteiger partial charge in [-0.25, -0.2) is 0 Å². The Bertz CT molecular complexity index is 2260.